The molecule has 1 unspecified atom stereocenters. The molecule has 0 saturated heterocycles. The Bertz CT molecular complexity index is 1450. The van der Waals surface area contributed by atoms with E-state index in [9.17, 15) is 13.4 Å². The number of benzene rings is 3. The molecule has 1 aliphatic rings. The number of halogens is 1. The van der Waals surface area contributed by atoms with Crippen molar-refractivity contribution in [1.29, 1.82) is 0 Å². The zero-order chi connectivity index (χ0) is 31.5. The SMILES string of the molecule is COc1ccc2c(c1)S(=O)C(c1ccc(F)cc1)=C2Oc1ccc(OCCOCCOCCOCC(=O)OC(C)(C)C)cc1. The third-order valence-corrected chi connectivity index (χ3v) is 7.58. The molecule has 0 fully saturated rings. The van der Waals surface area contributed by atoms with Crippen LogP contribution in [0.25, 0.3) is 10.7 Å². The van der Waals surface area contributed by atoms with Crippen LogP contribution >= 0.6 is 0 Å². The highest BCUT2D eigenvalue weighted by Gasteiger charge is 2.32. The van der Waals surface area contributed by atoms with Crippen molar-refractivity contribution in [3.63, 3.8) is 0 Å². The maximum Gasteiger partial charge on any atom is 0.332 e. The molecule has 0 N–H and O–H groups in total. The summed E-state index contributed by atoms with van der Waals surface area (Å²) in [6, 6.07) is 18.2. The van der Waals surface area contributed by atoms with Crippen LogP contribution in [0.2, 0.25) is 0 Å². The first kappa shape index (κ1) is 33.1. The first-order chi connectivity index (χ1) is 21.1. The molecule has 9 nitrogen and oxygen atoms in total. The molecule has 44 heavy (non-hydrogen) atoms. The Kier molecular flexibility index (Phi) is 11.9. The fourth-order valence-corrected chi connectivity index (χ4v) is 5.61. The summed E-state index contributed by atoms with van der Waals surface area (Å²) in [6.07, 6.45) is 0. The molecule has 0 amide bonds. The summed E-state index contributed by atoms with van der Waals surface area (Å²) in [5, 5.41) is 0. The molecule has 0 bridgehead atoms. The largest absolute Gasteiger partial charge is 0.497 e. The van der Waals surface area contributed by atoms with Crippen molar-refractivity contribution < 1.29 is 46.6 Å². The van der Waals surface area contributed by atoms with E-state index < -0.39 is 22.4 Å². The molecule has 0 aliphatic carbocycles. The number of carbonyl (C=O) groups excluding carboxylic acids is 1. The molecule has 4 rings (SSSR count). The minimum Gasteiger partial charge on any atom is -0.497 e. The van der Waals surface area contributed by atoms with Crippen LogP contribution in [0.5, 0.6) is 17.2 Å². The van der Waals surface area contributed by atoms with Gasteiger partial charge in [-0.3, -0.25) is 0 Å². The highest BCUT2D eigenvalue weighted by atomic mass is 32.2. The minimum absolute atomic E-state index is 0.110. The fourth-order valence-electron chi connectivity index (χ4n) is 4.13. The molecular formula is C33H37FO9S. The van der Waals surface area contributed by atoms with Crippen molar-refractivity contribution in [3.05, 3.63) is 83.7 Å². The molecule has 3 aromatic rings. The summed E-state index contributed by atoms with van der Waals surface area (Å²) in [7, 11) is 0.000495. The number of methoxy groups -OCH3 is 1. The van der Waals surface area contributed by atoms with Gasteiger partial charge in [-0.05, 0) is 80.9 Å². The molecule has 1 aliphatic heterocycles. The van der Waals surface area contributed by atoms with Crippen LogP contribution in [0.15, 0.2) is 71.6 Å². The van der Waals surface area contributed by atoms with E-state index in [0.29, 0.717) is 77.0 Å². The van der Waals surface area contributed by atoms with E-state index in [1.54, 1.807) is 82.5 Å². The standard InChI is InChI=1S/C33H37FO9S/c1-33(2,3)43-30(35)22-40-18-17-38-15-16-39-19-20-41-25-9-11-26(12-10-25)42-31-28-14-13-27(37-4)21-29(28)44(36)32(31)23-5-7-24(34)8-6-23/h5-14,21H,15-20,22H2,1-4H3. The molecule has 1 heterocycles. The lowest BCUT2D eigenvalue weighted by Gasteiger charge is -2.19. The third-order valence-electron chi connectivity index (χ3n) is 6.06. The Morgan fingerprint density at radius 2 is 1.36 bits per heavy atom. The number of fused-ring (bicyclic) bond motifs is 1. The van der Waals surface area contributed by atoms with Crippen LogP contribution in [0.1, 0.15) is 31.9 Å². The zero-order valence-corrected chi connectivity index (χ0v) is 26.1. The number of hydrogen-bond donors (Lipinski definition) is 0. The number of carbonyl (C=O) groups is 1. The quantitative estimate of drug-likeness (QED) is 0.148. The summed E-state index contributed by atoms with van der Waals surface area (Å²) in [5.41, 5.74) is 0.748. The van der Waals surface area contributed by atoms with Crippen molar-refractivity contribution in [2.75, 3.05) is 53.4 Å². The van der Waals surface area contributed by atoms with Gasteiger partial charge in [0.05, 0.1) is 60.7 Å². The monoisotopic (exact) mass is 628 g/mol. The smallest absolute Gasteiger partial charge is 0.332 e. The average molecular weight is 629 g/mol. The van der Waals surface area contributed by atoms with Crippen molar-refractivity contribution in [3.8, 4) is 17.2 Å². The van der Waals surface area contributed by atoms with E-state index in [4.69, 9.17) is 33.2 Å². The molecule has 0 radical (unpaired) electrons. The molecule has 236 valence electrons. The van der Waals surface area contributed by atoms with Crippen LogP contribution in [-0.2, 0) is 34.5 Å². The Morgan fingerprint density at radius 3 is 2.00 bits per heavy atom. The normalized spacial score (nSPS) is 14.3. The van der Waals surface area contributed by atoms with E-state index in [2.05, 4.69) is 0 Å². The maximum atomic E-state index is 13.6. The molecule has 0 aromatic heterocycles. The van der Waals surface area contributed by atoms with Crippen molar-refractivity contribution in [2.24, 2.45) is 0 Å². The highest BCUT2D eigenvalue weighted by molar-refractivity contribution is 7.95. The van der Waals surface area contributed by atoms with Gasteiger partial charge < -0.3 is 33.2 Å². The predicted molar refractivity (Wildman–Crippen MR) is 163 cm³/mol. The third kappa shape index (κ3) is 9.62. The first-order valence-corrected chi connectivity index (χ1v) is 15.3. The molecule has 0 saturated carbocycles. The van der Waals surface area contributed by atoms with Crippen LogP contribution in [0.3, 0.4) is 0 Å². The van der Waals surface area contributed by atoms with Gasteiger partial charge in [0.2, 0.25) is 0 Å². The summed E-state index contributed by atoms with van der Waals surface area (Å²) in [6.45, 7) is 7.41. The summed E-state index contributed by atoms with van der Waals surface area (Å²) >= 11 is 0. The van der Waals surface area contributed by atoms with Crippen LogP contribution in [-0.4, -0.2) is 69.1 Å². The predicted octanol–water partition coefficient (Wildman–Crippen LogP) is 5.63. The Balaban J connectivity index is 1.21. The van der Waals surface area contributed by atoms with Gasteiger partial charge >= 0.3 is 5.97 Å². The molecular weight excluding hydrogens is 591 g/mol. The Morgan fingerprint density at radius 1 is 0.773 bits per heavy atom. The van der Waals surface area contributed by atoms with Gasteiger partial charge in [0, 0.05) is 5.56 Å². The number of hydrogen-bond acceptors (Lipinski definition) is 9. The second kappa shape index (κ2) is 15.8. The second-order valence-electron chi connectivity index (χ2n) is 10.6. The average Bonchev–Trinajstić information content (AvgIpc) is 3.26. The van der Waals surface area contributed by atoms with E-state index in [0.717, 1.165) is 0 Å². The summed E-state index contributed by atoms with van der Waals surface area (Å²) in [5.74, 6) is 1.38. The van der Waals surface area contributed by atoms with E-state index in [-0.39, 0.29) is 19.0 Å². The summed E-state index contributed by atoms with van der Waals surface area (Å²) in [4.78, 5) is 12.6. The lowest BCUT2D eigenvalue weighted by atomic mass is 10.1. The van der Waals surface area contributed by atoms with Gasteiger partial charge in [-0.15, -0.1) is 0 Å². The van der Waals surface area contributed by atoms with Crippen molar-refractivity contribution in [1.82, 2.24) is 0 Å². The number of ether oxygens (including phenoxy) is 7. The minimum atomic E-state index is -1.55. The first-order valence-electron chi connectivity index (χ1n) is 14.1. The lowest BCUT2D eigenvalue weighted by Crippen LogP contribution is -2.27. The molecule has 11 heteroatoms. The number of esters is 1. The lowest BCUT2D eigenvalue weighted by molar-refractivity contribution is -0.160. The second-order valence-corrected chi connectivity index (χ2v) is 12.0. The van der Waals surface area contributed by atoms with Gasteiger partial charge in [0.25, 0.3) is 0 Å². The van der Waals surface area contributed by atoms with Crippen LogP contribution < -0.4 is 14.2 Å². The van der Waals surface area contributed by atoms with E-state index in [1.807, 2.05) is 0 Å². The van der Waals surface area contributed by atoms with Gasteiger partial charge in [-0.25, -0.2) is 13.4 Å². The van der Waals surface area contributed by atoms with E-state index >= 15 is 0 Å². The molecule has 3 aromatic carbocycles. The number of rotatable bonds is 16. The Labute approximate surface area is 259 Å². The van der Waals surface area contributed by atoms with Gasteiger partial charge in [0.1, 0.15) is 41.9 Å². The fraction of sp³-hybridized carbons (Fsp3) is 0.364. The topological polar surface area (TPSA) is 98.8 Å². The zero-order valence-electron chi connectivity index (χ0n) is 25.3. The van der Waals surface area contributed by atoms with Gasteiger partial charge in [0.15, 0.2) is 5.76 Å². The van der Waals surface area contributed by atoms with Crippen molar-refractivity contribution >= 4 is 27.4 Å². The van der Waals surface area contributed by atoms with E-state index in [1.165, 1.54) is 12.1 Å². The van der Waals surface area contributed by atoms with Crippen molar-refractivity contribution in [2.45, 2.75) is 31.3 Å². The van der Waals surface area contributed by atoms with Crippen LogP contribution in [0.4, 0.5) is 4.39 Å². The Hall–Kier alpha value is -3.77. The summed E-state index contributed by atoms with van der Waals surface area (Å²) < 4.78 is 65.8. The van der Waals surface area contributed by atoms with Gasteiger partial charge in [-0.1, -0.05) is 12.1 Å². The maximum absolute atomic E-state index is 13.6. The highest BCUT2D eigenvalue weighted by Crippen LogP contribution is 2.44. The molecule has 0 spiro atoms. The van der Waals surface area contributed by atoms with Gasteiger partial charge in [-0.2, -0.15) is 0 Å². The van der Waals surface area contributed by atoms with Crippen LogP contribution in [0, 0.1) is 5.82 Å². The molecule has 1 atom stereocenters.